The lowest BCUT2D eigenvalue weighted by Gasteiger charge is -2.10. The van der Waals surface area contributed by atoms with Gasteiger partial charge in [-0.15, -0.1) is 0 Å². The minimum atomic E-state index is -0.966. The second kappa shape index (κ2) is 6.29. The topological polar surface area (TPSA) is 62.5 Å². The minimum Gasteiger partial charge on any atom is -0.467 e. The van der Waals surface area contributed by atoms with Crippen LogP contribution in [0.25, 0.3) is 0 Å². The number of carbonyl (C=O) groups is 1. The van der Waals surface area contributed by atoms with E-state index in [4.69, 9.17) is 4.42 Å². The fourth-order valence-electron chi connectivity index (χ4n) is 1.69. The number of benzene rings is 1. The lowest BCUT2D eigenvalue weighted by molar-refractivity contribution is -0.121. The summed E-state index contributed by atoms with van der Waals surface area (Å²) in [6.45, 7) is -0.0465. The molecule has 0 aliphatic rings. The first-order valence-electron chi connectivity index (χ1n) is 5.98. The van der Waals surface area contributed by atoms with Gasteiger partial charge in [0.1, 0.15) is 23.5 Å². The molecule has 20 heavy (non-hydrogen) atoms. The fraction of sp³-hybridized carbons (Fsp3) is 0.214. The summed E-state index contributed by atoms with van der Waals surface area (Å²) in [6, 6.07) is 6.22. The number of rotatable bonds is 5. The molecule has 1 aromatic heterocycles. The average molecular weight is 281 g/mol. The van der Waals surface area contributed by atoms with Crippen LogP contribution in [0.4, 0.5) is 8.78 Å². The highest BCUT2D eigenvalue weighted by Gasteiger charge is 2.13. The van der Waals surface area contributed by atoms with Crippen LogP contribution in [0.15, 0.2) is 41.0 Å². The average Bonchev–Trinajstić information content (AvgIpc) is 2.93. The van der Waals surface area contributed by atoms with E-state index in [1.165, 1.54) is 12.3 Å². The van der Waals surface area contributed by atoms with Crippen molar-refractivity contribution in [1.82, 2.24) is 5.32 Å². The van der Waals surface area contributed by atoms with Crippen molar-refractivity contribution in [2.24, 2.45) is 0 Å². The van der Waals surface area contributed by atoms with Gasteiger partial charge < -0.3 is 14.8 Å². The second-order valence-corrected chi connectivity index (χ2v) is 4.25. The van der Waals surface area contributed by atoms with Gasteiger partial charge in [0.15, 0.2) is 0 Å². The highest BCUT2D eigenvalue weighted by atomic mass is 19.1. The number of furan rings is 1. The van der Waals surface area contributed by atoms with Gasteiger partial charge in [-0.25, -0.2) is 8.78 Å². The van der Waals surface area contributed by atoms with E-state index in [0.29, 0.717) is 5.76 Å². The molecule has 6 heteroatoms. The van der Waals surface area contributed by atoms with E-state index in [1.54, 1.807) is 12.1 Å². The predicted molar refractivity (Wildman–Crippen MR) is 66.7 cm³/mol. The van der Waals surface area contributed by atoms with Gasteiger partial charge in [0, 0.05) is 6.07 Å². The van der Waals surface area contributed by atoms with Crippen LogP contribution < -0.4 is 5.32 Å². The molecule has 1 atom stereocenters. The quantitative estimate of drug-likeness (QED) is 0.880. The second-order valence-electron chi connectivity index (χ2n) is 4.25. The summed E-state index contributed by atoms with van der Waals surface area (Å²) in [6.07, 6.45) is 0.220. The summed E-state index contributed by atoms with van der Waals surface area (Å²) < 4.78 is 31.0. The summed E-state index contributed by atoms with van der Waals surface area (Å²) in [5.74, 6) is -1.61. The van der Waals surface area contributed by atoms with Crippen LogP contribution in [0.3, 0.4) is 0 Å². The standard InChI is InChI=1S/C14H13F2NO3/c15-10-4-3-9(11(16)7-10)6-14(19)17-8-12(18)13-2-1-5-20-13/h1-5,7,12,18H,6,8H2,(H,17,19). The summed E-state index contributed by atoms with van der Waals surface area (Å²) in [5, 5.41) is 12.1. The normalized spacial score (nSPS) is 12.2. The van der Waals surface area contributed by atoms with Crippen molar-refractivity contribution < 1.29 is 23.1 Å². The molecule has 0 fully saturated rings. The number of carbonyl (C=O) groups excluding carboxylic acids is 1. The van der Waals surface area contributed by atoms with Crippen LogP contribution in [-0.2, 0) is 11.2 Å². The Bertz CT molecular complexity index is 584. The number of hydrogen-bond donors (Lipinski definition) is 2. The Balaban J connectivity index is 1.86. The van der Waals surface area contributed by atoms with E-state index in [0.717, 1.165) is 12.1 Å². The maximum absolute atomic E-state index is 13.3. The van der Waals surface area contributed by atoms with Gasteiger partial charge in [0.25, 0.3) is 0 Å². The van der Waals surface area contributed by atoms with E-state index >= 15 is 0 Å². The minimum absolute atomic E-state index is 0.0465. The van der Waals surface area contributed by atoms with Gasteiger partial charge in [-0.1, -0.05) is 6.07 Å². The molecule has 0 saturated heterocycles. The summed E-state index contributed by atoms with van der Waals surface area (Å²) in [5.41, 5.74) is 0.0939. The molecule has 2 aromatic rings. The molecule has 106 valence electrons. The maximum Gasteiger partial charge on any atom is 0.224 e. The zero-order valence-corrected chi connectivity index (χ0v) is 10.5. The Labute approximate surface area is 114 Å². The Morgan fingerprint density at radius 3 is 2.80 bits per heavy atom. The molecule has 0 radical (unpaired) electrons. The van der Waals surface area contributed by atoms with Crippen molar-refractivity contribution in [2.45, 2.75) is 12.5 Å². The largest absolute Gasteiger partial charge is 0.467 e. The molecule has 0 aliphatic carbocycles. The van der Waals surface area contributed by atoms with E-state index in [2.05, 4.69) is 5.32 Å². The Hall–Kier alpha value is -2.21. The molecule has 1 unspecified atom stereocenters. The molecule has 1 heterocycles. The molecule has 4 nitrogen and oxygen atoms in total. The lowest BCUT2D eigenvalue weighted by atomic mass is 10.1. The molecular weight excluding hydrogens is 268 g/mol. The Morgan fingerprint density at radius 1 is 1.35 bits per heavy atom. The smallest absolute Gasteiger partial charge is 0.224 e. The monoisotopic (exact) mass is 281 g/mol. The van der Waals surface area contributed by atoms with Crippen molar-refractivity contribution in [3.63, 3.8) is 0 Å². The molecule has 0 bridgehead atoms. The first-order valence-corrected chi connectivity index (χ1v) is 5.98. The van der Waals surface area contributed by atoms with E-state index in [-0.39, 0.29) is 18.5 Å². The highest BCUT2D eigenvalue weighted by molar-refractivity contribution is 5.78. The van der Waals surface area contributed by atoms with Crippen molar-refractivity contribution in [2.75, 3.05) is 6.54 Å². The van der Waals surface area contributed by atoms with Crippen LogP contribution >= 0.6 is 0 Å². The first-order chi connectivity index (χ1) is 9.56. The molecule has 1 amide bonds. The predicted octanol–water partition coefficient (Wildman–Crippen LogP) is 1.95. The van der Waals surface area contributed by atoms with Gasteiger partial charge in [-0.2, -0.15) is 0 Å². The SMILES string of the molecule is O=C(Cc1ccc(F)cc1F)NCC(O)c1ccco1. The molecule has 0 spiro atoms. The van der Waals surface area contributed by atoms with Crippen molar-refractivity contribution in [1.29, 1.82) is 0 Å². The van der Waals surface area contributed by atoms with Crippen LogP contribution in [0, 0.1) is 11.6 Å². The van der Waals surface area contributed by atoms with Crippen LogP contribution in [-0.4, -0.2) is 17.6 Å². The molecule has 0 aliphatic heterocycles. The zero-order valence-electron chi connectivity index (χ0n) is 10.5. The number of hydrogen-bond acceptors (Lipinski definition) is 3. The van der Waals surface area contributed by atoms with Crippen LogP contribution in [0.1, 0.15) is 17.4 Å². The van der Waals surface area contributed by atoms with Crippen LogP contribution in [0.5, 0.6) is 0 Å². The Kier molecular flexibility index (Phi) is 4.47. The number of amides is 1. The number of aliphatic hydroxyl groups is 1. The molecule has 0 saturated carbocycles. The first kappa shape index (κ1) is 14.2. The van der Waals surface area contributed by atoms with Crippen molar-refractivity contribution in [3.05, 3.63) is 59.6 Å². The van der Waals surface area contributed by atoms with Gasteiger partial charge in [-0.05, 0) is 23.8 Å². The third-order valence-corrected chi connectivity index (χ3v) is 2.73. The molecule has 2 rings (SSSR count). The van der Waals surface area contributed by atoms with E-state index < -0.39 is 23.6 Å². The summed E-state index contributed by atoms with van der Waals surface area (Å²) in [7, 11) is 0. The lowest BCUT2D eigenvalue weighted by Crippen LogP contribution is -2.29. The van der Waals surface area contributed by atoms with Gasteiger partial charge in [-0.3, -0.25) is 4.79 Å². The van der Waals surface area contributed by atoms with Gasteiger partial charge in [0.2, 0.25) is 5.91 Å². The summed E-state index contributed by atoms with van der Waals surface area (Å²) >= 11 is 0. The van der Waals surface area contributed by atoms with Gasteiger partial charge in [0.05, 0.1) is 19.2 Å². The third-order valence-electron chi connectivity index (χ3n) is 2.73. The Morgan fingerprint density at radius 2 is 2.15 bits per heavy atom. The maximum atomic E-state index is 13.3. The van der Waals surface area contributed by atoms with Crippen molar-refractivity contribution in [3.8, 4) is 0 Å². The third kappa shape index (κ3) is 3.64. The number of aliphatic hydroxyl groups excluding tert-OH is 1. The van der Waals surface area contributed by atoms with Gasteiger partial charge >= 0.3 is 0 Å². The fourth-order valence-corrected chi connectivity index (χ4v) is 1.69. The zero-order chi connectivity index (χ0) is 14.5. The molecule has 2 N–H and O–H groups in total. The number of halogens is 2. The number of nitrogens with one attached hydrogen (secondary N) is 1. The molecular formula is C14H13F2NO3. The van der Waals surface area contributed by atoms with E-state index in [9.17, 15) is 18.7 Å². The van der Waals surface area contributed by atoms with E-state index in [1.807, 2.05) is 0 Å². The summed E-state index contributed by atoms with van der Waals surface area (Å²) in [4.78, 5) is 11.6. The molecule has 1 aromatic carbocycles. The van der Waals surface area contributed by atoms with Crippen molar-refractivity contribution >= 4 is 5.91 Å². The highest BCUT2D eigenvalue weighted by Crippen LogP contribution is 2.12. The van der Waals surface area contributed by atoms with Crippen LogP contribution in [0.2, 0.25) is 0 Å².